The number of halogens is 3. The minimum Gasteiger partial charge on any atom is -0.365 e. The van der Waals surface area contributed by atoms with E-state index in [1.807, 2.05) is 4.57 Å². The standard InChI is InChI=1S/C25H23F3N4O3/c26-17-3-1-15(2-4-17)22-12-32-14-29-23(21(32)13-35-22)25(34)31-9-7-16(8-10-31)24(33)30-18-5-6-19(27)20(28)11-18/h1-6,11,14,16,22H,7-10,12-13H2,(H,30,33)/t22-/m0/s1. The van der Waals surface area contributed by atoms with Gasteiger partial charge in [-0.05, 0) is 42.7 Å². The molecule has 5 rings (SSSR count). The molecule has 2 amide bonds. The first-order valence-corrected chi connectivity index (χ1v) is 11.4. The summed E-state index contributed by atoms with van der Waals surface area (Å²) in [5.74, 6) is -3.17. The van der Waals surface area contributed by atoms with Crippen LogP contribution in [0.2, 0.25) is 0 Å². The molecule has 3 heterocycles. The second-order valence-electron chi connectivity index (χ2n) is 8.73. The van der Waals surface area contributed by atoms with E-state index in [2.05, 4.69) is 10.3 Å². The average molecular weight is 484 g/mol. The fourth-order valence-electron chi connectivity index (χ4n) is 4.50. The number of anilines is 1. The lowest BCUT2D eigenvalue weighted by Gasteiger charge is -2.31. The number of benzene rings is 2. The van der Waals surface area contributed by atoms with Crippen molar-refractivity contribution in [3.8, 4) is 0 Å². The Kier molecular flexibility index (Phi) is 6.29. The van der Waals surface area contributed by atoms with E-state index in [0.717, 1.165) is 17.7 Å². The molecule has 182 valence electrons. The van der Waals surface area contributed by atoms with Crippen LogP contribution in [0.3, 0.4) is 0 Å². The maximum absolute atomic E-state index is 13.4. The summed E-state index contributed by atoms with van der Waals surface area (Å²) in [6, 6.07) is 9.35. The average Bonchev–Trinajstić information content (AvgIpc) is 3.29. The van der Waals surface area contributed by atoms with E-state index in [4.69, 9.17) is 4.74 Å². The van der Waals surface area contributed by atoms with Crippen LogP contribution < -0.4 is 5.32 Å². The smallest absolute Gasteiger partial charge is 0.274 e. The van der Waals surface area contributed by atoms with E-state index in [9.17, 15) is 22.8 Å². The molecule has 0 radical (unpaired) electrons. The van der Waals surface area contributed by atoms with Crippen LogP contribution >= 0.6 is 0 Å². The third-order valence-corrected chi connectivity index (χ3v) is 6.51. The third-order valence-electron chi connectivity index (χ3n) is 6.51. The number of amides is 2. The molecule has 0 unspecified atom stereocenters. The van der Waals surface area contributed by atoms with Crippen molar-refractivity contribution in [1.29, 1.82) is 0 Å². The molecule has 0 aliphatic carbocycles. The van der Waals surface area contributed by atoms with Crippen molar-refractivity contribution >= 4 is 17.5 Å². The number of nitrogens with one attached hydrogen (secondary N) is 1. The Labute approximate surface area is 199 Å². The molecule has 1 fully saturated rings. The predicted molar refractivity (Wildman–Crippen MR) is 120 cm³/mol. The highest BCUT2D eigenvalue weighted by molar-refractivity contribution is 5.95. The van der Waals surface area contributed by atoms with Crippen LogP contribution in [0.25, 0.3) is 0 Å². The number of hydrogen-bond acceptors (Lipinski definition) is 4. The van der Waals surface area contributed by atoms with E-state index < -0.39 is 11.6 Å². The second-order valence-corrected chi connectivity index (χ2v) is 8.73. The number of fused-ring (bicyclic) bond motifs is 1. The first kappa shape index (κ1) is 23.1. The summed E-state index contributed by atoms with van der Waals surface area (Å²) in [4.78, 5) is 31.7. The van der Waals surface area contributed by atoms with Crippen molar-refractivity contribution in [3.05, 3.63) is 83.2 Å². The van der Waals surface area contributed by atoms with Gasteiger partial charge in [0.05, 0.1) is 25.2 Å². The summed E-state index contributed by atoms with van der Waals surface area (Å²) in [7, 11) is 0. The monoisotopic (exact) mass is 484 g/mol. The number of rotatable bonds is 4. The SMILES string of the molecule is O=C(Nc1ccc(F)c(F)c1)C1CCN(C(=O)c2ncn3c2CO[C@H](c2ccc(F)cc2)C3)CC1. The number of ether oxygens (including phenoxy) is 1. The first-order valence-electron chi connectivity index (χ1n) is 11.4. The van der Waals surface area contributed by atoms with E-state index in [-0.39, 0.29) is 41.9 Å². The van der Waals surface area contributed by atoms with Crippen LogP contribution in [0.1, 0.15) is 40.7 Å². The van der Waals surface area contributed by atoms with Gasteiger partial charge in [0.2, 0.25) is 5.91 Å². The van der Waals surface area contributed by atoms with Gasteiger partial charge in [-0.2, -0.15) is 0 Å². The molecular weight excluding hydrogens is 461 g/mol. The van der Waals surface area contributed by atoms with Gasteiger partial charge in [-0.25, -0.2) is 18.2 Å². The Bertz CT molecular complexity index is 1250. The maximum atomic E-state index is 13.4. The maximum Gasteiger partial charge on any atom is 0.274 e. The molecule has 1 saturated heterocycles. The number of hydrogen-bond donors (Lipinski definition) is 1. The summed E-state index contributed by atoms with van der Waals surface area (Å²) in [6.07, 6.45) is 2.24. The predicted octanol–water partition coefficient (Wildman–Crippen LogP) is 4.06. The van der Waals surface area contributed by atoms with E-state index in [0.29, 0.717) is 43.9 Å². The zero-order valence-electron chi connectivity index (χ0n) is 18.7. The molecule has 0 saturated carbocycles. The fraction of sp³-hybridized carbons (Fsp3) is 0.320. The highest BCUT2D eigenvalue weighted by Crippen LogP contribution is 2.29. The summed E-state index contributed by atoms with van der Waals surface area (Å²) >= 11 is 0. The van der Waals surface area contributed by atoms with Crippen LogP contribution in [0, 0.1) is 23.4 Å². The highest BCUT2D eigenvalue weighted by Gasteiger charge is 2.32. The van der Waals surface area contributed by atoms with Gasteiger partial charge in [0.1, 0.15) is 11.9 Å². The van der Waals surface area contributed by atoms with Crippen molar-refractivity contribution in [2.45, 2.75) is 32.1 Å². The molecule has 35 heavy (non-hydrogen) atoms. The summed E-state index contributed by atoms with van der Waals surface area (Å²) < 4.78 is 47.5. The molecule has 0 bridgehead atoms. The van der Waals surface area contributed by atoms with E-state index in [1.54, 1.807) is 23.4 Å². The molecule has 10 heteroatoms. The molecule has 2 aromatic carbocycles. The van der Waals surface area contributed by atoms with Crippen molar-refractivity contribution in [2.24, 2.45) is 5.92 Å². The molecule has 1 N–H and O–H groups in total. The largest absolute Gasteiger partial charge is 0.365 e. The van der Waals surface area contributed by atoms with Gasteiger partial charge < -0.3 is 19.5 Å². The Balaban J connectivity index is 1.18. The Hall–Kier alpha value is -3.66. The summed E-state index contributed by atoms with van der Waals surface area (Å²) in [6.45, 7) is 1.42. The summed E-state index contributed by atoms with van der Waals surface area (Å²) in [5.41, 5.74) is 2.05. The Morgan fingerprint density at radius 3 is 2.46 bits per heavy atom. The normalized spacial score (nSPS) is 18.3. The van der Waals surface area contributed by atoms with E-state index in [1.165, 1.54) is 18.2 Å². The highest BCUT2D eigenvalue weighted by atomic mass is 19.2. The number of nitrogens with zero attached hydrogens (tertiary/aromatic N) is 3. The fourth-order valence-corrected chi connectivity index (χ4v) is 4.50. The van der Waals surface area contributed by atoms with Gasteiger partial charge in [-0.15, -0.1) is 0 Å². The third kappa shape index (κ3) is 4.79. The minimum atomic E-state index is -1.03. The lowest BCUT2D eigenvalue weighted by Crippen LogP contribution is -2.42. The van der Waals surface area contributed by atoms with Gasteiger partial charge in [-0.1, -0.05) is 12.1 Å². The van der Waals surface area contributed by atoms with Gasteiger partial charge in [0, 0.05) is 30.8 Å². The summed E-state index contributed by atoms with van der Waals surface area (Å²) in [5, 5.41) is 2.61. The van der Waals surface area contributed by atoms with Crippen molar-refractivity contribution < 1.29 is 27.5 Å². The number of aromatic nitrogens is 2. The van der Waals surface area contributed by atoms with Crippen molar-refractivity contribution in [2.75, 3.05) is 18.4 Å². The molecule has 1 atom stereocenters. The van der Waals surface area contributed by atoms with Crippen LogP contribution in [0.15, 0.2) is 48.8 Å². The van der Waals surface area contributed by atoms with Crippen molar-refractivity contribution in [3.63, 3.8) is 0 Å². The topological polar surface area (TPSA) is 76.5 Å². The lowest BCUT2D eigenvalue weighted by atomic mass is 9.95. The number of likely N-dealkylation sites (tertiary alicyclic amines) is 1. The zero-order valence-corrected chi connectivity index (χ0v) is 18.7. The van der Waals surface area contributed by atoms with Gasteiger partial charge in [0.15, 0.2) is 17.3 Å². The first-order chi connectivity index (χ1) is 16.9. The van der Waals surface area contributed by atoms with Gasteiger partial charge >= 0.3 is 0 Å². The second kappa shape index (κ2) is 9.53. The molecule has 7 nitrogen and oxygen atoms in total. The number of piperidine rings is 1. The van der Waals surface area contributed by atoms with Crippen LogP contribution in [-0.4, -0.2) is 39.4 Å². The van der Waals surface area contributed by atoms with Gasteiger partial charge in [0.25, 0.3) is 5.91 Å². The molecule has 3 aromatic rings. The lowest BCUT2D eigenvalue weighted by molar-refractivity contribution is -0.121. The molecule has 2 aliphatic rings. The van der Waals surface area contributed by atoms with Crippen LogP contribution in [0.5, 0.6) is 0 Å². The number of carbonyl (C=O) groups is 2. The van der Waals surface area contributed by atoms with Crippen molar-refractivity contribution in [1.82, 2.24) is 14.5 Å². The zero-order chi connectivity index (χ0) is 24.5. The number of imidazole rings is 1. The minimum absolute atomic E-state index is 0.191. The van der Waals surface area contributed by atoms with E-state index >= 15 is 0 Å². The Morgan fingerprint density at radius 1 is 1.00 bits per heavy atom. The van der Waals surface area contributed by atoms with Gasteiger partial charge in [-0.3, -0.25) is 9.59 Å². The van der Waals surface area contributed by atoms with Crippen LogP contribution in [-0.2, 0) is 22.7 Å². The quantitative estimate of drug-likeness (QED) is 0.606. The van der Waals surface area contributed by atoms with Crippen LogP contribution in [0.4, 0.5) is 18.9 Å². The molecule has 2 aliphatic heterocycles. The number of carbonyl (C=O) groups excluding carboxylic acids is 2. The molecule has 1 aromatic heterocycles. The molecule has 0 spiro atoms. The Morgan fingerprint density at radius 2 is 1.74 bits per heavy atom. The molecular formula is C25H23F3N4O3.